The highest BCUT2D eigenvalue weighted by Gasteiger charge is 2.41. The Kier molecular flexibility index (Phi) is 3.05. The molecule has 0 aromatic rings. The van der Waals surface area contributed by atoms with Gasteiger partial charge in [0.25, 0.3) is 0 Å². The summed E-state index contributed by atoms with van der Waals surface area (Å²) in [5.74, 6) is 0. The second-order valence-electron chi connectivity index (χ2n) is 4.27. The Labute approximate surface area is 85.2 Å². The molecule has 0 radical (unpaired) electrons. The lowest BCUT2D eigenvalue weighted by molar-refractivity contribution is -0.0596. The quantitative estimate of drug-likeness (QED) is 0.631. The molecule has 78 valence electrons. The molecule has 2 rings (SSSR count). The highest BCUT2D eigenvalue weighted by molar-refractivity contribution is 5.01. The van der Waals surface area contributed by atoms with Crippen LogP contribution in [0.4, 0.5) is 0 Å². The van der Waals surface area contributed by atoms with Gasteiger partial charge in [-0.2, -0.15) is 0 Å². The van der Waals surface area contributed by atoms with Crippen molar-refractivity contribution in [3.63, 3.8) is 0 Å². The van der Waals surface area contributed by atoms with Crippen LogP contribution in [0.2, 0.25) is 0 Å². The largest absolute Gasteiger partial charge is 0.350 e. The van der Waals surface area contributed by atoms with E-state index in [-0.39, 0.29) is 11.8 Å². The van der Waals surface area contributed by atoms with Crippen molar-refractivity contribution in [2.75, 3.05) is 13.2 Å². The highest BCUT2D eigenvalue weighted by atomic mass is 16.7. The molecule has 2 fully saturated rings. The van der Waals surface area contributed by atoms with Gasteiger partial charge in [0, 0.05) is 12.8 Å². The standard InChI is InChI=1S/C11H17NO2/c1-12-11(5-3-2-4-6-11)9-10-13-7-8-14-10/h10H,2-9H2. The van der Waals surface area contributed by atoms with Crippen molar-refractivity contribution in [3.8, 4) is 0 Å². The van der Waals surface area contributed by atoms with E-state index in [4.69, 9.17) is 16.0 Å². The van der Waals surface area contributed by atoms with Gasteiger partial charge in [-0.25, -0.2) is 6.57 Å². The molecule has 1 aliphatic carbocycles. The van der Waals surface area contributed by atoms with E-state index in [1.54, 1.807) is 0 Å². The van der Waals surface area contributed by atoms with Crippen LogP contribution in [0.15, 0.2) is 0 Å². The predicted octanol–water partition coefficient (Wildman–Crippen LogP) is 2.37. The van der Waals surface area contributed by atoms with E-state index in [0.717, 1.165) is 19.3 Å². The van der Waals surface area contributed by atoms with Gasteiger partial charge in [-0.3, -0.25) is 0 Å². The summed E-state index contributed by atoms with van der Waals surface area (Å²) < 4.78 is 10.8. The Morgan fingerprint density at radius 2 is 1.79 bits per heavy atom. The van der Waals surface area contributed by atoms with Crippen LogP contribution in [0.5, 0.6) is 0 Å². The molecule has 14 heavy (non-hydrogen) atoms. The van der Waals surface area contributed by atoms with Crippen LogP contribution in [0.1, 0.15) is 38.5 Å². The molecule has 1 saturated carbocycles. The molecule has 0 unspecified atom stereocenters. The normalized spacial score (nSPS) is 27.4. The van der Waals surface area contributed by atoms with Crippen molar-refractivity contribution in [3.05, 3.63) is 11.4 Å². The molecule has 0 aromatic heterocycles. The first-order chi connectivity index (χ1) is 6.85. The van der Waals surface area contributed by atoms with Crippen molar-refractivity contribution in [2.24, 2.45) is 0 Å². The van der Waals surface area contributed by atoms with Gasteiger partial charge < -0.3 is 14.3 Å². The van der Waals surface area contributed by atoms with Gasteiger partial charge in [0.1, 0.15) is 0 Å². The molecule has 3 nitrogen and oxygen atoms in total. The number of hydrogen-bond donors (Lipinski definition) is 0. The topological polar surface area (TPSA) is 22.8 Å². The van der Waals surface area contributed by atoms with Gasteiger partial charge in [-0.05, 0) is 12.8 Å². The lowest BCUT2D eigenvalue weighted by Crippen LogP contribution is -2.32. The lowest BCUT2D eigenvalue weighted by Gasteiger charge is -2.27. The van der Waals surface area contributed by atoms with E-state index in [9.17, 15) is 0 Å². The molecule has 1 aliphatic heterocycles. The van der Waals surface area contributed by atoms with Gasteiger partial charge in [-0.15, -0.1) is 0 Å². The Bertz CT molecular complexity index is 222. The van der Waals surface area contributed by atoms with Crippen LogP contribution in [0.25, 0.3) is 4.85 Å². The van der Waals surface area contributed by atoms with Crippen molar-refractivity contribution in [1.29, 1.82) is 0 Å². The monoisotopic (exact) mass is 195 g/mol. The third-order valence-corrected chi connectivity index (χ3v) is 3.26. The average Bonchev–Trinajstić information content (AvgIpc) is 2.72. The molecule has 1 saturated heterocycles. The van der Waals surface area contributed by atoms with Crippen LogP contribution in [0, 0.1) is 6.57 Å². The number of hydrogen-bond acceptors (Lipinski definition) is 2. The molecule has 0 atom stereocenters. The smallest absolute Gasteiger partial charge is 0.237 e. The Balaban J connectivity index is 1.93. The Hall–Kier alpha value is -0.590. The average molecular weight is 195 g/mol. The molecular formula is C11H17NO2. The van der Waals surface area contributed by atoms with Crippen molar-refractivity contribution in [1.82, 2.24) is 0 Å². The molecule has 0 spiro atoms. The third-order valence-electron chi connectivity index (χ3n) is 3.26. The highest BCUT2D eigenvalue weighted by Crippen LogP contribution is 2.36. The molecule has 0 N–H and O–H groups in total. The first-order valence-electron chi connectivity index (χ1n) is 5.46. The lowest BCUT2D eigenvalue weighted by atomic mass is 9.80. The minimum absolute atomic E-state index is 0.109. The summed E-state index contributed by atoms with van der Waals surface area (Å²) in [4.78, 5) is 3.83. The number of ether oxygens (including phenoxy) is 2. The zero-order valence-corrected chi connectivity index (χ0v) is 8.50. The maximum absolute atomic E-state index is 7.32. The predicted molar refractivity (Wildman–Crippen MR) is 52.7 cm³/mol. The third kappa shape index (κ3) is 2.08. The maximum atomic E-state index is 7.32. The summed E-state index contributed by atoms with van der Waals surface area (Å²) in [5.41, 5.74) is -0.173. The molecular weight excluding hydrogens is 178 g/mol. The molecule has 0 bridgehead atoms. The number of rotatable bonds is 2. The first-order valence-corrected chi connectivity index (χ1v) is 5.46. The molecule has 0 aromatic carbocycles. The van der Waals surface area contributed by atoms with Crippen molar-refractivity contribution < 1.29 is 9.47 Å². The van der Waals surface area contributed by atoms with E-state index in [2.05, 4.69) is 4.85 Å². The Morgan fingerprint density at radius 1 is 1.14 bits per heavy atom. The van der Waals surface area contributed by atoms with Gasteiger partial charge in [-0.1, -0.05) is 6.42 Å². The second-order valence-corrected chi connectivity index (χ2v) is 4.27. The fourth-order valence-corrected chi connectivity index (χ4v) is 2.41. The summed E-state index contributed by atoms with van der Waals surface area (Å²) in [6.07, 6.45) is 6.38. The second kappa shape index (κ2) is 4.29. The SMILES string of the molecule is [C-]#[N+]C1(CC2OCCO2)CCCCC1. The van der Waals surface area contributed by atoms with Gasteiger partial charge in [0.2, 0.25) is 5.54 Å². The number of nitrogens with zero attached hydrogens (tertiary/aromatic N) is 1. The summed E-state index contributed by atoms with van der Waals surface area (Å²) >= 11 is 0. The van der Waals surface area contributed by atoms with E-state index in [0.29, 0.717) is 13.2 Å². The van der Waals surface area contributed by atoms with Gasteiger partial charge >= 0.3 is 0 Å². The zero-order chi connectivity index (χ0) is 9.86. The minimum atomic E-state index is -0.173. The molecule has 3 heteroatoms. The van der Waals surface area contributed by atoms with E-state index in [1.165, 1.54) is 19.3 Å². The van der Waals surface area contributed by atoms with Crippen LogP contribution in [-0.2, 0) is 9.47 Å². The minimum Gasteiger partial charge on any atom is -0.350 e. The zero-order valence-electron chi connectivity index (χ0n) is 8.50. The van der Waals surface area contributed by atoms with E-state index in [1.807, 2.05) is 0 Å². The Morgan fingerprint density at radius 3 is 2.36 bits per heavy atom. The van der Waals surface area contributed by atoms with Crippen molar-refractivity contribution in [2.45, 2.75) is 50.4 Å². The molecule has 0 amide bonds. The van der Waals surface area contributed by atoms with Crippen molar-refractivity contribution >= 4 is 0 Å². The molecule has 1 heterocycles. The van der Waals surface area contributed by atoms with Crippen LogP contribution >= 0.6 is 0 Å². The fourth-order valence-electron chi connectivity index (χ4n) is 2.41. The summed E-state index contributed by atoms with van der Waals surface area (Å²) in [6.45, 7) is 8.71. The first kappa shape index (κ1) is 9.95. The van der Waals surface area contributed by atoms with E-state index >= 15 is 0 Å². The molecule has 2 aliphatic rings. The summed E-state index contributed by atoms with van der Waals surface area (Å²) in [5, 5.41) is 0. The summed E-state index contributed by atoms with van der Waals surface area (Å²) in [7, 11) is 0. The van der Waals surface area contributed by atoms with Gasteiger partial charge in [0.15, 0.2) is 6.29 Å². The van der Waals surface area contributed by atoms with Crippen LogP contribution in [0.3, 0.4) is 0 Å². The van der Waals surface area contributed by atoms with Crippen LogP contribution in [-0.4, -0.2) is 25.0 Å². The fraction of sp³-hybridized carbons (Fsp3) is 0.909. The van der Waals surface area contributed by atoms with Crippen LogP contribution < -0.4 is 0 Å². The van der Waals surface area contributed by atoms with E-state index < -0.39 is 0 Å². The van der Waals surface area contributed by atoms with Gasteiger partial charge in [0.05, 0.1) is 19.6 Å². The summed E-state index contributed by atoms with van der Waals surface area (Å²) in [6, 6.07) is 0. The maximum Gasteiger partial charge on any atom is 0.237 e.